The van der Waals surface area contributed by atoms with Crippen molar-refractivity contribution < 1.29 is 4.79 Å². The second kappa shape index (κ2) is 5.97. The van der Waals surface area contributed by atoms with Crippen molar-refractivity contribution in [3.8, 4) is 0 Å². The van der Waals surface area contributed by atoms with Crippen molar-refractivity contribution in [3.05, 3.63) is 58.7 Å². The molecule has 1 amide bonds. The standard InChI is InChI=1S/C21H26N2O/c1-14-10-18-19(11-15(14)2)23(20(24)12-22-18)13-16-6-8-17(9-7-16)21(3,4)5/h6-11,22H,12-13H2,1-5H3. The maximum absolute atomic E-state index is 12.4. The van der Waals surface area contributed by atoms with Gasteiger partial charge in [-0.2, -0.15) is 0 Å². The lowest BCUT2D eigenvalue weighted by Crippen LogP contribution is -2.39. The lowest BCUT2D eigenvalue weighted by Gasteiger charge is -2.31. The van der Waals surface area contributed by atoms with Gasteiger partial charge in [0.1, 0.15) is 0 Å². The molecule has 0 unspecified atom stereocenters. The Morgan fingerprint density at radius 3 is 2.29 bits per heavy atom. The molecule has 1 aliphatic rings. The van der Waals surface area contributed by atoms with Crippen LogP contribution in [0.25, 0.3) is 0 Å². The summed E-state index contributed by atoms with van der Waals surface area (Å²) >= 11 is 0. The van der Waals surface area contributed by atoms with Crippen LogP contribution in [0.15, 0.2) is 36.4 Å². The van der Waals surface area contributed by atoms with Gasteiger partial charge in [-0.1, -0.05) is 45.0 Å². The Kier molecular flexibility index (Phi) is 4.12. The number of rotatable bonds is 2. The highest BCUT2D eigenvalue weighted by atomic mass is 16.2. The monoisotopic (exact) mass is 322 g/mol. The quantitative estimate of drug-likeness (QED) is 0.879. The van der Waals surface area contributed by atoms with Gasteiger partial charge in [-0.15, -0.1) is 0 Å². The first-order chi connectivity index (χ1) is 11.3. The molecule has 0 aliphatic carbocycles. The molecule has 24 heavy (non-hydrogen) atoms. The Bertz CT molecular complexity index is 770. The number of hydrogen-bond donors (Lipinski definition) is 1. The Morgan fingerprint density at radius 2 is 1.67 bits per heavy atom. The van der Waals surface area contributed by atoms with Crippen molar-refractivity contribution in [2.45, 2.75) is 46.6 Å². The van der Waals surface area contributed by atoms with Gasteiger partial charge >= 0.3 is 0 Å². The van der Waals surface area contributed by atoms with Gasteiger partial charge in [-0.05, 0) is 53.6 Å². The molecule has 2 aromatic rings. The average molecular weight is 322 g/mol. The number of fused-ring (bicyclic) bond motifs is 1. The highest BCUT2D eigenvalue weighted by Crippen LogP contribution is 2.33. The van der Waals surface area contributed by atoms with Gasteiger partial charge in [0, 0.05) is 0 Å². The first-order valence-corrected chi connectivity index (χ1v) is 8.50. The zero-order valence-corrected chi connectivity index (χ0v) is 15.2. The number of aryl methyl sites for hydroxylation is 2. The van der Waals surface area contributed by atoms with E-state index in [9.17, 15) is 4.79 Å². The van der Waals surface area contributed by atoms with Crippen molar-refractivity contribution in [2.75, 3.05) is 16.8 Å². The van der Waals surface area contributed by atoms with Crippen LogP contribution in [0.4, 0.5) is 11.4 Å². The molecule has 3 nitrogen and oxygen atoms in total. The number of anilines is 2. The Hall–Kier alpha value is -2.29. The van der Waals surface area contributed by atoms with Crippen LogP contribution in [0.3, 0.4) is 0 Å². The number of nitrogens with zero attached hydrogens (tertiary/aromatic N) is 1. The average Bonchev–Trinajstić information content (AvgIpc) is 2.52. The predicted molar refractivity (Wildman–Crippen MR) is 101 cm³/mol. The van der Waals surface area contributed by atoms with Gasteiger partial charge in [0.05, 0.1) is 24.5 Å². The molecule has 0 saturated heterocycles. The van der Waals surface area contributed by atoms with Crippen molar-refractivity contribution in [2.24, 2.45) is 0 Å². The van der Waals surface area contributed by atoms with E-state index in [-0.39, 0.29) is 11.3 Å². The first kappa shape index (κ1) is 16.6. The molecule has 1 N–H and O–H groups in total. The molecule has 126 valence electrons. The smallest absolute Gasteiger partial charge is 0.246 e. The summed E-state index contributed by atoms with van der Waals surface area (Å²) in [7, 11) is 0. The molecule has 1 heterocycles. The Balaban J connectivity index is 1.90. The van der Waals surface area contributed by atoms with E-state index in [1.165, 1.54) is 16.7 Å². The first-order valence-electron chi connectivity index (χ1n) is 8.50. The summed E-state index contributed by atoms with van der Waals surface area (Å²) in [6.07, 6.45) is 0. The van der Waals surface area contributed by atoms with Crippen LogP contribution in [0.2, 0.25) is 0 Å². The fourth-order valence-electron chi connectivity index (χ4n) is 3.03. The molecule has 0 atom stereocenters. The minimum atomic E-state index is 0.116. The number of nitrogens with one attached hydrogen (secondary N) is 1. The molecule has 0 spiro atoms. The Labute approximate surface area is 144 Å². The molecule has 2 aromatic carbocycles. The highest BCUT2D eigenvalue weighted by Gasteiger charge is 2.24. The van der Waals surface area contributed by atoms with Crippen molar-refractivity contribution in [3.63, 3.8) is 0 Å². The van der Waals surface area contributed by atoms with E-state index in [0.717, 1.165) is 16.9 Å². The third kappa shape index (κ3) is 3.16. The van der Waals surface area contributed by atoms with Crippen molar-refractivity contribution in [1.82, 2.24) is 0 Å². The van der Waals surface area contributed by atoms with Crippen molar-refractivity contribution in [1.29, 1.82) is 0 Å². The van der Waals surface area contributed by atoms with Crippen LogP contribution in [0.5, 0.6) is 0 Å². The molecule has 3 heteroatoms. The Morgan fingerprint density at radius 1 is 1.04 bits per heavy atom. The van der Waals surface area contributed by atoms with Crippen molar-refractivity contribution >= 4 is 17.3 Å². The van der Waals surface area contributed by atoms with E-state index in [2.05, 4.69) is 76.3 Å². The number of carbonyl (C=O) groups is 1. The minimum absolute atomic E-state index is 0.116. The lowest BCUT2D eigenvalue weighted by atomic mass is 9.86. The summed E-state index contributed by atoms with van der Waals surface area (Å²) in [4.78, 5) is 14.3. The van der Waals surface area contributed by atoms with E-state index < -0.39 is 0 Å². The zero-order valence-electron chi connectivity index (χ0n) is 15.2. The van der Waals surface area contributed by atoms with Crippen LogP contribution in [-0.4, -0.2) is 12.5 Å². The summed E-state index contributed by atoms with van der Waals surface area (Å²) in [6.45, 7) is 11.8. The van der Waals surface area contributed by atoms with E-state index >= 15 is 0 Å². The van der Waals surface area contributed by atoms with Crippen LogP contribution >= 0.6 is 0 Å². The van der Waals surface area contributed by atoms with E-state index in [4.69, 9.17) is 0 Å². The molecule has 1 aliphatic heterocycles. The van der Waals surface area contributed by atoms with Crippen LogP contribution < -0.4 is 10.2 Å². The van der Waals surface area contributed by atoms with E-state index in [0.29, 0.717) is 13.1 Å². The van der Waals surface area contributed by atoms with Gasteiger partial charge in [0.2, 0.25) is 5.91 Å². The molecular weight excluding hydrogens is 296 g/mol. The third-order valence-electron chi connectivity index (χ3n) is 4.79. The van der Waals surface area contributed by atoms with Gasteiger partial charge in [0.15, 0.2) is 0 Å². The minimum Gasteiger partial charge on any atom is -0.374 e. The van der Waals surface area contributed by atoms with Crippen LogP contribution in [0, 0.1) is 13.8 Å². The second-order valence-electron chi connectivity index (χ2n) is 7.73. The number of amides is 1. The molecule has 3 rings (SSSR count). The second-order valence-corrected chi connectivity index (χ2v) is 7.73. The van der Waals surface area contributed by atoms with E-state index in [1.807, 2.05) is 4.90 Å². The molecule has 0 aromatic heterocycles. The van der Waals surface area contributed by atoms with Gasteiger partial charge in [-0.25, -0.2) is 0 Å². The summed E-state index contributed by atoms with van der Waals surface area (Å²) in [5.41, 5.74) is 7.08. The molecule has 0 saturated carbocycles. The molecular formula is C21H26N2O. The maximum atomic E-state index is 12.4. The fraction of sp³-hybridized carbons (Fsp3) is 0.381. The predicted octanol–water partition coefficient (Wildman–Crippen LogP) is 4.56. The SMILES string of the molecule is Cc1cc2c(cc1C)N(Cc1ccc(C(C)(C)C)cc1)C(=O)CN2. The highest BCUT2D eigenvalue weighted by molar-refractivity contribution is 6.02. The molecule has 0 bridgehead atoms. The van der Waals surface area contributed by atoms with Crippen LogP contribution in [-0.2, 0) is 16.8 Å². The lowest BCUT2D eigenvalue weighted by molar-refractivity contribution is -0.117. The largest absolute Gasteiger partial charge is 0.374 e. The molecule has 0 fully saturated rings. The topological polar surface area (TPSA) is 32.3 Å². The van der Waals surface area contributed by atoms with Gasteiger partial charge < -0.3 is 10.2 Å². The normalized spacial score (nSPS) is 14.4. The number of benzene rings is 2. The van der Waals surface area contributed by atoms with Crippen LogP contribution in [0.1, 0.15) is 43.0 Å². The van der Waals surface area contributed by atoms with E-state index in [1.54, 1.807) is 0 Å². The third-order valence-corrected chi connectivity index (χ3v) is 4.79. The fourth-order valence-corrected chi connectivity index (χ4v) is 3.03. The summed E-state index contributed by atoms with van der Waals surface area (Å²) < 4.78 is 0. The number of hydrogen-bond acceptors (Lipinski definition) is 2. The maximum Gasteiger partial charge on any atom is 0.246 e. The van der Waals surface area contributed by atoms with Gasteiger partial charge in [-0.3, -0.25) is 4.79 Å². The summed E-state index contributed by atoms with van der Waals surface area (Å²) in [5.74, 6) is 0.116. The number of carbonyl (C=O) groups excluding carboxylic acids is 1. The zero-order chi connectivity index (χ0) is 17.5. The van der Waals surface area contributed by atoms with Gasteiger partial charge in [0.25, 0.3) is 0 Å². The summed E-state index contributed by atoms with van der Waals surface area (Å²) in [6, 6.07) is 12.9. The molecule has 0 radical (unpaired) electrons. The summed E-state index contributed by atoms with van der Waals surface area (Å²) in [5, 5.41) is 3.23.